The van der Waals surface area contributed by atoms with Crippen LogP contribution in [0.15, 0.2) is 53.4 Å². The predicted molar refractivity (Wildman–Crippen MR) is 111 cm³/mol. The molecule has 0 aromatic heterocycles. The predicted octanol–water partition coefficient (Wildman–Crippen LogP) is 1.74. The van der Waals surface area contributed by atoms with E-state index in [1.165, 1.54) is 19.2 Å². The van der Waals surface area contributed by atoms with Crippen molar-refractivity contribution < 1.29 is 26.4 Å². The molecule has 1 N–H and O–H groups in total. The Balaban J connectivity index is 1.91. The summed E-state index contributed by atoms with van der Waals surface area (Å²) >= 11 is 0. The summed E-state index contributed by atoms with van der Waals surface area (Å²) in [5, 5.41) is 2.77. The van der Waals surface area contributed by atoms with E-state index in [0.29, 0.717) is 11.4 Å². The van der Waals surface area contributed by atoms with Crippen molar-refractivity contribution in [3.8, 4) is 5.75 Å². The Morgan fingerprint density at radius 2 is 1.55 bits per heavy atom. The van der Waals surface area contributed by atoms with E-state index in [1.54, 1.807) is 43.3 Å². The zero-order valence-corrected chi connectivity index (χ0v) is 18.2. The molecule has 8 nitrogen and oxygen atoms in total. The zero-order valence-electron chi connectivity index (χ0n) is 16.6. The largest absolute Gasteiger partial charge is 0.484 e. The molecule has 2 aromatic carbocycles. The summed E-state index contributed by atoms with van der Waals surface area (Å²) in [5.41, 5.74) is 1.24. The maximum absolute atomic E-state index is 12.1. The summed E-state index contributed by atoms with van der Waals surface area (Å²) in [7, 11) is -5.17. The number of carbonyl (C=O) groups is 1. The monoisotopic (exact) mass is 440 g/mol. The van der Waals surface area contributed by atoms with Crippen molar-refractivity contribution in [2.24, 2.45) is 0 Å². The lowest BCUT2D eigenvalue weighted by atomic mass is 10.1. The fourth-order valence-corrected chi connectivity index (χ4v) is 3.60. The summed E-state index contributed by atoms with van der Waals surface area (Å²) < 4.78 is 52.6. The van der Waals surface area contributed by atoms with E-state index < -0.39 is 19.9 Å². The van der Waals surface area contributed by atoms with Gasteiger partial charge in [-0.15, -0.1) is 0 Å². The van der Waals surface area contributed by atoms with Gasteiger partial charge in [0.25, 0.3) is 5.91 Å². The fourth-order valence-electron chi connectivity index (χ4n) is 2.46. The molecule has 1 amide bonds. The standard InChI is InChI=1S/C19H24N2O6S2/c1-14(15-5-11-18(12-6-15)28(3,23)24)20-19(22)13-27-17-9-7-16(8-10-17)21(2)29(4,25)26/h5-12,14H,13H2,1-4H3,(H,20,22)/t14-/m1/s1. The van der Waals surface area contributed by atoms with Crippen LogP contribution in [-0.2, 0) is 24.7 Å². The second kappa shape index (κ2) is 8.83. The van der Waals surface area contributed by atoms with Gasteiger partial charge in [0.15, 0.2) is 16.4 Å². The molecule has 0 aliphatic rings. The first kappa shape index (κ1) is 22.7. The Bertz CT molecular complexity index is 1060. The third-order valence-electron chi connectivity index (χ3n) is 4.25. The van der Waals surface area contributed by atoms with Gasteiger partial charge >= 0.3 is 0 Å². The van der Waals surface area contributed by atoms with E-state index in [-0.39, 0.29) is 23.5 Å². The van der Waals surface area contributed by atoms with E-state index in [0.717, 1.165) is 22.4 Å². The van der Waals surface area contributed by atoms with Crippen molar-refractivity contribution in [1.82, 2.24) is 5.32 Å². The molecule has 0 spiro atoms. The van der Waals surface area contributed by atoms with Gasteiger partial charge in [-0.3, -0.25) is 9.10 Å². The smallest absolute Gasteiger partial charge is 0.258 e. The highest BCUT2D eigenvalue weighted by Crippen LogP contribution is 2.20. The van der Waals surface area contributed by atoms with Crippen LogP contribution < -0.4 is 14.4 Å². The summed E-state index contributed by atoms with van der Waals surface area (Å²) in [6.07, 6.45) is 2.24. The Labute approximate surface area is 171 Å². The number of anilines is 1. The molecule has 2 rings (SSSR count). The molecule has 1 atom stereocenters. The Hall–Kier alpha value is -2.59. The number of hydrogen-bond donors (Lipinski definition) is 1. The lowest BCUT2D eigenvalue weighted by molar-refractivity contribution is -0.123. The molecule has 0 bridgehead atoms. The first-order valence-corrected chi connectivity index (χ1v) is 12.4. The Morgan fingerprint density at radius 3 is 2.03 bits per heavy atom. The van der Waals surface area contributed by atoms with E-state index in [2.05, 4.69) is 5.32 Å². The number of carbonyl (C=O) groups excluding carboxylic acids is 1. The van der Waals surface area contributed by atoms with Crippen molar-refractivity contribution in [3.63, 3.8) is 0 Å². The van der Waals surface area contributed by atoms with E-state index in [1.807, 2.05) is 0 Å². The van der Waals surface area contributed by atoms with Gasteiger partial charge in [0.05, 0.1) is 22.9 Å². The normalized spacial score (nSPS) is 12.8. The summed E-state index contributed by atoms with van der Waals surface area (Å²) in [4.78, 5) is 12.3. The van der Waals surface area contributed by atoms with Gasteiger partial charge in [-0.2, -0.15) is 0 Å². The van der Waals surface area contributed by atoms with Gasteiger partial charge in [0.1, 0.15) is 5.75 Å². The van der Waals surface area contributed by atoms with Crippen LogP contribution in [0.1, 0.15) is 18.5 Å². The average Bonchev–Trinajstić information content (AvgIpc) is 2.65. The minimum atomic E-state index is -3.35. The number of ether oxygens (including phenoxy) is 1. The highest BCUT2D eigenvalue weighted by atomic mass is 32.2. The number of sulfonamides is 1. The van der Waals surface area contributed by atoms with Crippen LogP contribution in [-0.4, -0.2) is 48.9 Å². The van der Waals surface area contributed by atoms with Gasteiger partial charge in [-0.1, -0.05) is 12.1 Å². The van der Waals surface area contributed by atoms with Crippen LogP contribution in [0.5, 0.6) is 5.75 Å². The van der Waals surface area contributed by atoms with E-state index in [9.17, 15) is 21.6 Å². The highest BCUT2D eigenvalue weighted by Gasteiger charge is 2.14. The highest BCUT2D eigenvalue weighted by molar-refractivity contribution is 7.92. The maximum Gasteiger partial charge on any atom is 0.258 e. The van der Waals surface area contributed by atoms with Crippen LogP contribution in [0, 0.1) is 0 Å². The molecule has 0 heterocycles. The molecule has 0 radical (unpaired) electrons. The summed E-state index contributed by atoms with van der Waals surface area (Å²) in [6.45, 7) is 1.57. The second-order valence-electron chi connectivity index (χ2n) is 6.64. The number of hydrogen-bond acceptors (Lipinski definition) is 6. The number of benzene rings is 2. The van der Waals surface area contributed by atoms with Crippen molar-refractivity contribution in [2.45, 2.75) is 17.9 Å². The molecule has 10 heteroatoms. The third-order valence-corrected chi connectivity index (χ3v) is 6.59. The number of sulfone groups is 1. The van der Waals surface area contributed by atoms with Crippen LogP contribution in [0.2, 0.25) is 0 Å². The summed E-state index contributed by atoms with van der Waals surface area (Å²) in [5.74, 6) is 0.0815. The minimum Gasteiger partial charge on any atom is -0.484 e. The van der Waals surface area contributed by atoms with E-state index in [4.69, 9.17) is 4.74 Å². The maximum atomic E-state index is 12.1. The first-order valence-electron chi connectivity index (χ1n) is 8.64. The topological polar surface area (TPSA) is 110 Å². The number of amides is 1. The molecule has 158 valence electrons. The SMILES string of the molecule is C[C@@H](NC(=O)COc1ccc(N(C)S(C)(=O)=O)cc1)c1ccc(S(C)(=O)=O)cc1. The van der Waals surface area contributed by atoms with Crippen LogP contribution in [0.25, 0.3) is 0 Å². The lowest BCUT2D eigenvalue weighted by Crippen LogP contribution is -2.31. The van der Waals surface area contributed by atoms with Gasteiger partial charge in [0.2, 0.25) is 10.0 Å². The molecule has 0 aliphatic heterocycles. The lowest BCUT2D eigenvalue weighted by Gasteiger charge is -2.17. The number of nitrogens with zero attached hydrogens (tertiary/aromatic N) is 1. The zero-order chi connectivity index (χ0) is 21.8. The molecule has 2 aromatic rings. The van der Waals surface area contributed by atoms with Crippen molar-refractivity contribution in [3.05, 3.63) is 54.1 Å². The van der Waals surface area contributed by atoms with Crippen molar-refractivity contribution in [2.75, 3.05) is 30.5 Å². The molecule has 29 heavy (non-hydrogen) atoms. The number of nitrogens with one attached hydrogen (secondary N) is 1. The minimum absolute atomic E-state index is 0.215. The van der Waals surface area contributed by atoms with Crippen LogP contribution in [0.3, 0.4) is 0 Å². The van der Waals surface area contributed by atoms with Crippen molar-refractivity contribution in [1.29, 1.82) is 0 Å². The van der Waals surface area contributed by atoms with Gasteiger partial charge in [0, 0.05) is 13.3 Å². The molecule has 0 saturated carbocycles. The second-order valence-corrected chi connectivity index (χ2v) is 10.7. The Kier molecular flexibility index (Phi) is 6.91. The van der Waals surface area contributed by atoms with Crippen LogP contribution >= 0.6 is 0 Å². The Morgan fingerprint density at radius 1 is 1.00 bits per heavy atom. The van der Waals surface area contributed by atoms with Crippen LogP contribution in [0.4, 0.5) is 5.69 Å². The molecular weight excluding hydrogens is 416 g/mol. The third kappa shape index (κ3) is 6.47. The quantitative estimate of drug-likeness (QED) is 0.670. The molecule has 0 aliphatic carbocycles. The molecule has 0 fully saturated rings. The first-order chi connectivity index (χ1) is 13.4. The average molecular weight is 441 g/mol. The van der Waals surface area contributed by atoms with Crippen molar-refractivity contribution >= 4 is 31.5 Å². The van der Waals surface area contributed by atoms with Gasteiger partial charge in [-0.25, -0.2) is 16.8 Å². The number of rotatable bonds is 8. The fraction of sp³-hybridized carbons (Fsp3) is 0.316. The van der Waals surface area contributed by atoms with E-state index >= 15 is 0 Å². The molecular formula is C19H24N2O6S2. The van der Waals surface area contributed by atoms with Gasteiger partial charge < -0.3 is 10.1 Å². The molecule has 0 saturated heterocycles. The molecule has 0 unspecified atom stereocenters. The van der Waals surface area contributed by atoms with Gasteiger partial charge in [-0.05, 0) is 48.9 Å². The summed E-state index contributed by atoms with van der Waals surface area (Å²) in [6, 6.07) is 12.3.